The number of para-hydroxylation sites is 1. The highest BCUT2D eigenvalue weighted by Crippen LogP contribution is 2.21. The van der Waals surface area contributed by atoms with Gasteiger partial charge in [0.1, 0.15) is 5.75 Å². The summed E-state index contributed by atoms with van der Waals surface area (Å²) < 4.78 is 5.65. The maximum Gasteiger partial charge on any atom is 0.225 e. The number of carbonyl (C=O) groups is 2. The molecule has 2 fully saturated rings. The molecule has 2 aliphatic rings. The number of carbonyl (C=O) groups excluding carboxylic acids is 2. The molecule has 1 unspecified atom stereocenters. The second kappa shape index (κ2) is 12.7. The largest absolute Gasteiger partial charge is 0.493 e. The van der Waals surface area contributed by atoms with Crippen LogP contribution < -0.4 is 10.1 Å². The molecule has 0 aromatic heterocycles. The van der Waals surface area contributed by atoms with Gasteiger partial charge in [-0.1, -0.05) is 49.4 Å². The molecule has 2 saturated heterocycles. The Labute approximate surface area is 209 Å². The standard InChI is InChI=1S/C29H39N3O3/c1-23-8-7-16-31(21-23)22-26-10-6-5-9-25(26)20-30-29(34)24-13-17-32(18-14-24)28(33)15-19-35-27-11-3-2-4-12-27/h2-6,9-12,23-24H,7-8,13-22H2,1H3,(H,30,34). The van der Waals surface area contributed by atoms with Gasteiger partial charge in [0.05, 0.1) is 13.0 Å². The van der Waals surface area contributed by atoms with E-state index >= 15 is 0 Å². The monoisotopic (exact) mass is 477 g/mol. The zero-order valence-electron chi connectivity index (χ0n) is 21.0. The molecule has 35 heavy (non-hydrogen) atoms. The normalized spacial score (nSPS) is 19.3. The molecule has 1 N–H and O–H groups in total. The molecule has 1 atom stereocenters. The first-order valence-electron chi connectivity index (χ1n) is 13.1. The predicted molar refractivity (Wildman–Crippen MR) is 138 cm³/mol. The lowest BCUT2D eigenvalue weighted by Gasteiger charge is -2.32. The van der Waals surface area contributed by atoms with E-state index in [1.165, 1.54) is 24.0 Å². The molecule has 0 radical (unpaired) electrons. The molecule has 6 heteroatoms. The van der Waals surface area contributed by atoms with Gasteiger partial charge in [-0.05, 0) is 61.4 Å². The molecule has 2 amide bonds. The summed E-state index contributed by atoms with van der Waals surface area (Å²) in [6.07, 6.45) is 4.37. The number of amides is 2. The SMILES string of the molecule is CC1CCCN(Cc2ccccc2CNC(=O)C2CCN(C(=O)CCOc3ccccc3)CC2)C1. The van der Waals surface area contributed by atoms with Gasteiger partial charge in [-0.3, -0.25) is 14.5 Å². The fourth-order valence-electron chi connectivity index (χ4n) is 5.20. The van der Waals surface area contributed by atoms with E-state index in [0.29, 0.717) is 45.5 Å². The van der Waals surface area contributed by atoms with E-state index in [1.54, 1.807) is 0 Å². The molecule has 0 bridgehead atoms. The lowest BCUT2D eigenvalue weighted by atomic mass is 9.95. The first-order chi connectivity index (χ1) is 17.1. The van der Waals surface area contributed by atoms with Gasteiger partial charge in [0, 0.05) is 38.6 Å². The van der Waals surface area contributed by atoms with Crippen LogP contribution in [0.1, 0.15) is 50.2 Å². The minimum Gasteiger partial charge on any atom is -0.493 e. The summed E-state index contributed by atoms with van der Waals surface area (Å²) in [5.74, 6) is 1.70. The average Bonchev–Trinajstić information content (AvgIpc) is 2.89. The summed E-state index contributed by atoms with van der Waals surface area (Å²) in [4.78, 5) is 29.8. The second-order valence-electron chi connectivity index (χ2n) is 10.0. The minimum absolute atomic E-state index is 0.0327. The van der Waals surface area contributed by atoms with Crippen molar-refractivity contribution in [2.24, 2.45) is 11.8 Å². The van der Waals surface area contributed by atoms with Crippen LogP contribution in [-0.4, -0.2) is 54.4 Å². The van der Waals surface area contributed by atoms with Crippen LogP contribution in [0.4, 0.5) is 0 Å². The van der Waals surface area contributed by atoms with Crippen LogP contribution in [0.25, 0.3) is 0 Å². The summed E-state index contributed by atoms with van der Waals surface area (Å²) in [7, 11) is 0. The van der Waals surface area contributed by atoms with Crippen molar-refractivity contribution in [3.8, 4) is 5.75 Å². The third-order valence-corrected chi connectivity index (χ3v) is 7.25. The van der Waals surface area contributed by atoms with Crippen LogP contribution in [0, 0.1) is 11.8 Å². The van der Waals surface area contributed by atoms with Gasteiger partial charge in [0.25, 0.3) is 0 Å². The smallest absolute Gasteiger partial charge is 0.225 e. The van der Waals surface area contributed by atoms with E-state index < -0.39 is 0 Å². The van der Waals surface area contributed by atoms with Crippen molar-refractivity contribution in [3.63, 3.8) is 0 Å². The van der Waals surface area contributed by atoms with Gasteiger partial charge < -0.3 is 15.0 Å². The number of nitrogens with zero attached hydrogens (tertiary/aromatic N) is 2. The first-order valence-corrected chi connectivity index (χ1v) is 13.1. The molecule has 188 valence electrons. The van der Waals surface area contributed by atoms with Gasteiger partial charge in [0.15, 0.2) is 0 Å². The van der Waals surface area contributed by atoms with Crippen LogP contribution in [-0.2, 0) is 22.7 Å². The number of hydrogen-bond donors (Lipinski definition) is 1. The van der Waals surface area contributed by atoms with E-state index in [0.717, 1.165) is 31.3 Å². The summed E-state index contributed by atoms with van der Waals surface area (Å²) in [6.45, 7) is 7.78. The fraction of sp³-hybridized carbons (Fsp3) is 0.517. The van der Waals surface area contributed by atoms with Crippen molar-refractivity contribution in [1.82, 2.24) is 15.1 Å². The van der Waals surface area contributed by atoms with Crippen LogP contribution in [0.3, 0.4) is 0 Å². The van der Waals surface area contributed by atoms with Crippen LogP contribution >= 0.6 is 0 Å². The molecule has 6 nitrogen and oxygen atoms in total. The fourth-order valence-corrected chi connectivity index (χ4v) is 5.20. The minimum atomic E-state index is -0.0327. The Morgan fingerprint density at radius 3 is 2.40 bits per heavy atom. The van der Waals surface area contributed by atoms with Crippen molar-refractivity contribution >= 4 is 11.8 Å². The third kappa shape index (κ3) is 7.56. The zero-order chi connectivity index (χ0) is 24.5. The van der Waals surface area contributed by atoms with E-state index in [9.17, 15) is 9.59 Å². The average molecular weight is 478 g/mol. The number of ether oxygens (including phenoxy) is 1. The number of rotatable bonds is 9. The maximum atomic E-state index is 12.9. The highest BCUT2D eigenvalue weighted by atomic mass is 16.5. The van der Waals surface area contributed by atoms with Crippen molar-refractivity contribution in [2.45, 2.75) is 52.1 Å². The topological polar surface area (TPSA) is 61.9 Å². The number of piperidine rings is 2. The Morgan fingerprint density at radius 2 is 1.66 bits per heavy atom. The van der Waals surface area contributed by atoms with Gasteiger partial charge in [-0.25, -0.2) is 0 Å². The lowest BCUT2D eigenvalue weighted by Crippen LogP contribution is -2.43. The Bertz CT molecular complexity index is 957. The zero-order valence-corrected chi connectivity index (χ0v) is 21.0. The predicted octanol–water partition coefficient (Wildman–Crippen LogP) is 4.24. The molecular weight excluding hydrogens is 438 g/mol. The third-order valence-electron chi connectivity index (χ3n) is 7.25. The van der Waals surface area contributed by atoms with Gasteiger partial charge >= 0.3 is 0 Å². The number of likely N-dealkylation sites (tertiary alicyclic amines) is 2. The number of hydrogen-bond acceptors (Lipinski definition) is 4. The lowest BCUT2D eigenvalue weighted by molar-refractivity contribution is -0.136. The van der Waals surface area contributed by atoms with E-state index in [4.69, 9.17) is 4.74 Å². The molecule has 2 heterocycles. The van der Waals surface area contributed by atoms with Gasteiger partial charge in [-0.2, -0.15) is 0 Å². The van der Waals surface area contributed by atoms with E-state index in [2.05, 4.69) is 41.4 Å². The van der Waals surface area contributed by atoms with Crippen molar-refractivity contribution in [1.29, 1.82) is 0 Å². The van der Waals surface area contributed by atoms with E-state index in [1.807, 2.05) is 35.2 Å². The molecule has 4 rings (SSSR count). The van der Waals surface area contributed by atoms with Crippen molar-refractivity contribution in [2.75, 3.05) is 32.8 Å². The summed E-state index contributed by atoms with van der Waals surface area (Å²) in [5.41, 5.74) is 2.50. The highest BCUT2D eigenvalue weighted by Gasteiger charge is 2.27. The summed E-state index contributed by atoms with van der Waals surface area (Å²) >= 11 is 0. The molecule has 0 aliphatic carbocycles. The first kappa shape index (κ1) is 25.2. The second-order valence-corrected chi connectivity index (χ2v) is 10.0. The van der Waals surface area contributed by atoms with Crippen molar-refractivity contribution < 1.29 is 14.3 Å². The van der Waals surface area contributed by atoms with Gasteiger partial charge in [-0.15, -0.1) is 0 Å². The Hall–Kier alpha value is -2.86. The number of nitrogens with one attached hydrogen (secondary N) is 1. The van der Waals surface area contributed by atoms with Crippen LogP contribution in [0.15, 0.2) is 54.6 Å². The van der Waals surface area contributed by atoms with Crippen molar-refractivity contribution in [3.05, 3.63) is 65.7 Å². The number of benzene rings is 2. The van der Waals surface area contributed by atoms with Crippen LogP contribution in [0.2, 0.25) is 0 Å². The Morgan fingerprint density at radius 1 is 0.943 bits per heavy atom. The molecule has 2 aliphatic heterocycles. The molecule has 2 aromatic carbocycles. The quantitative estimate of drug-likeness (QED) is 0.587. The summed E-state index contributed by atoms with van der Waals surface area (Å²) in [5, 5.41) is 3.17. The summed E-state index contributed by atoms with van der Waals surface area (Å²) in [6, 6.07) is 18.0. The molecule has 2 aromatic rings. The Kier molecular flexibility index (Phi) is 9.18. The van der Waals surface area contributed by atoms with Gasteiger partial charge in [0.2, 0.25) is 11.8 Å². The maximum absolute atomic E-state index is 12.9. The molecule has 0 saturated carbocycles. The molecular formula is C29H39N3O3. The highest BCUT2D eigenvalue weighted by molar-refractivity contribution is 5.80. The molecule has 0 spiro atoms. The Balaban J connectivity index is 1.19. The van der Waals surface area contributed by atoms with Crippen LogP contribution in [0.5, 0.6) is 5.75 Å². The van der Waals surface area contributed by atoms with E-state index in [-0.39, 0.29) is 17.7 Å².